The summed E-state index contributed by atoms with van der Waals surface area (Å²) in [6.45, 7) is 2.46. The first-order valence-corrected chi connectivity index (χ1v) is 11.5. The highest BCUT2D eigenvalue weighted by Crippen LogP contribution is 2.25. The van der Waals surface area contributed by atoms with Gasteiger partial charge in [-0.2, -0.15) is 0 Å². The van der Waals surface area contributed by atoms with E-state index in [1.807, 2.05) is 30.3 Å². The Hall–Kier alpha value is -3.34. The second kappa shape index (κ2) is 11.7. The molecule has 3 aromatic rings. The molecule has 0 saturated carbocycles. The molecule has 12 heteroatoms. The quantitative estimate of drug-likeness (QED) is 0.412. The summed E-state index contributed by atoms with van der Waals surface area (Å²) in [5.41, 5.74) is 2.50. The molecule has 3 heterocycles. The first-order valence-electron chi connectivity index (χ1n) is 10.7. The summed E-state index contributed by atoms with van der Waals surface area (Å²) in [5, 5.41) is 20.6. The molecule has 0 atom stereocenters. The van der Waals surface area contributed by atoms with Gasteiger partial charge in [0.1, 0.15) is 5.15 Å². The van der Waals surface area contributed by atoms with Gasteiger partial charge in [-0.25, -0.2) is 9.99 Å². The number of pyridine rings is 1. The van der Waals surface area contributed by atoms with Crippen LogP contribution in [0.25, 0.3) is 0 Å². The molecule has 0 amide bonds. The van der Waals surface area contributed by atoms with Gasteiger partial charge in [0.05, 0.1) is 24.6 Å². The van der Waals surface area contributed by atoms with E-state index >= 15 is 0 Å². The number of anilines is 2. The summed E-state index contributed by atoms with van der Waals surface area (Å²) in [5.74, 6) is 0.259. The molecule has 34 heavy (non-hydrogen) atoms. The van der Waals surface area contributed by atoms with Gasteiger partial charge in [0, 0.05) is 49.5 Å². The van der Waals surface area contributed by atoms with E-state index in [-0.39, 0.29) is 16.5 Å². The van der Waals surface area contributed by atoms with Gasteiger partial charge >= 0.3 is 0 Å². The van der Waals surface area contributed by atoms with Gasteiger partial charge in [-0.3, -0.25) is 14.3 Å². The molecule has 2 aromatic heterocycles. The van der Waals surface area contributed by atoms with Gasteiger partial charge < -0.3 is 10.6 Å². The van der Waals surface area contributed by atoms with Crippen LogP contribution in [0.5, 0.6) is 0 Å². The Morgan fingerprint density at radius 2 is 2.00 bits per heavy atom. The molecule has 176 valence electrons. The molecule has 1 aliphatic rings. The Labute approximate surface area is 206 Å². The van der Waals surface area contributed by atoms with E-state index in [4.69, 9.17) is 23.2 Å². The van der Waals surface area contributed by atoms with Gasteiger partial charge in [-0.15, -0.1) is 5.10 Å². The summed E-state index contributed by atoms with van der Waals surface area (Å²) in [6, 6.07) is 11.3. The number of rotatable bonds is 10. The predicted octanol–water partition coefficient (Wildman–Crippen LogP) is 3.56. The monoisotopic (exact) mass is 499 g/mol. The third-order valence-corrected chi connectivity index (χ3v) is 5.63. The smallest absolute Gasteiger partial charge is 0.294 e. The third kappa shape index (κ3) is 6.16. The molecule has 0 bridgehead atoms. The van der Waals surface area contributed by atoms with Crippen molar-refractivity contribution < 1.29 is 0 Å². The topological polar surface area (TPSA) is 112 Å². The van der Waals surface area contributed by atoms with Crippen LogP contribution in [0.3, 0.4) is 0 Å². The van der Waals surface area contributed by atoms with Crippen LogP contribution < -0.4 is 21.2 Å². The van der Waals surface area contributed by atoms with Crippen LogP contribution in [0, 0.1) is 0 Å². The molecule has 4 rings (SSSR count). The third-order valence-electron chi connectivity index (χ3n) is 5.09. The molecule has 2 N–H and O–H groups in total. The van der Waals surface area contributed by atoms with Crippen LogP contribution in [0.2, 0.25) is 10.2 Å². The summed E-state index contributed by atoms with van der Waals surface area (Å²) in [4.78, 5) is 21.3. The zero-order valence-corrected chi connectivity index (χ0v) is 19.7. The number of hydrogen-bond donors (Lipinski definition) is 2. The summed E-state index contributed by atoms with van der Waals surface area (Å²) >= 11 is 12.4. The zero-order valence-electron chi connectivity index (χ0n) is 18.2. The highest BCUT2D eigenvalue weighted by Gasteiger charge is 2.13. The van der Waals surface area contributed by atoms with Crippen molar-refractivity contribution in [2.45, 2.75) is 19.5 Å². The average Bonchev–Trinajstić information content (AvgIpc) is 2.86. The summed E-state index contributed by atoms with van der Waals surface area (Å²) in [7, 11) is 0. The van der Waals surface area contributed by atoms with E-state index in [0.717, 1.165) is 16.9 Å². The van der Waals surface area contributed by atoms with E-state index < -0.39 is 0 Å². The molecule has 0 aliphatic carbocycles. The zero-order chi connectivity index (χ0) is 23.8. The van der Waals surface area contributed by atoms with Crippen molar-refractivity contribution in [2.75, 3.05) is 30.0 Å². The van der Waals surface area contributed by atoms with Gasteiger partial charge in [0.25, 0.3) is 5.56 Å². The van der Waals surface area contributed by atoms with Crippen molar-refractivity contribution in [1.82, 2.24) is 19.9 Å². The van der Waals surface area contributed by atoms with Gasteiger partial charge in [0.2, 0.25) is 0 Å². The Balaban J connectivity index is 1.35. The molecule has 10 nitrogen and oxygen atoms in total. The van der Waals surface area contributed by atoms with Crippen LogP contribution in [0.15, 0.2) is 69.1 Å². The van der Waals surface area contributed by atoms with Crippen LogP contribution in [-0.2, 0) is 19.5 Å². The minimum Gasteiger partial charge on any atom is -0.365 e. The largest absolute Gasteiger partial charge is 0.365 e. The minimum atomic E-state index is -0.271. The highest BCUT2D eigenvalue weighted by atomic mass is 35.5. The SMILES string of the molecule is O=c1c(NCCc2ccccn2)ncc(Cl)n1CCNCc1cc(Cl)ccc1N1CC=NN=N1. The molecule has 0 saturated heterocycles. The number of benzene rings is 1. The predicted molar refractivity (Wildman–Crippen MR) is 134 cm³/mol. The lowest BCUT2D eigenvalue weighted by molar-refractivity contribution is 0.583. The molecule has 0 unspecified atom stereocenters. The number of nitrogens with one attached hydrogen (secondary N) is 2. The first kappa shape index (κ1) is 23.8. The first-order chi connectivity index (χ1) is 16.6. The van der Waals surface area contributed by atoms with Crippen LogP contribution in [-0.4, -0.2) is 40.4 Å². The molecule has 1 aliphatic heterocycles. The van der Waals surface area contributed by atoms with Gasteiger partial charge in [0.15, 0.2) is 5.82 Å². The fourth-order valence-corrected chi connectivity index (χ4v) is 3.82. The second-order valence-electron chi connectivity index (χ2n) is 7.39. The number of hydrogen-bond acceptors (Lipinski definition) is 9. The maximum absolute atomic E-state index is 12.9. The van der Waals surface area contributed by atoms with Crippen LogP contribution in [0.4, 0.5) is 11.5 Å². The fraction of sp³-hybridized carbons (Fsp3) is 0.273. The van der Waals surface area contributed by atoms with Crippen molar-refractivity contribution >= 4 is 40.9 Å². The maximum Gasteiger partial charge on any atom is 0.294 e. The van der Waals surface area contributed by atoms with E-state index in [1.165, 1.54) is 10.8 Å². The van der Waals surface area contributed by atoms with E-state index in [9.17, 15) is 4.79 Å². The fourth-order valence-electron chi connectivity index (χ4n) is 3.42. The molecule has 1 aromatic carbocycles. The number of halogens is 2. The van der Waals surface area contributed by atoms with Crippen LogP contribution in [0.1, 0.15) is 11.3 Å². The molecule has 0 fully saturated rings. The maximum atomic E-state index is 12.9. The van der Waals surface area contributed by atoms with E-state index in [2.05, 4.69) is 36.1 Å². The molecule has 0 spiro atoms. The number of aromatic nitrogens is 3. The summed E-state index contributed by atoms with van der Waals surface area (Å²) < 4.78 is 1.48. The average molecular weight is 500 g/mol. The van der Waals surface area contributed by atoms with Crippen LogP contribution >= 0.6 is 23.2 Å². The normalized spacial score (nSPS) is 12.8. The Bertz CT molecular complexity index is 1230. The van der Waals surface area contributed by atoms with Crippen molar-refractivity contribution in [3.05, 3.63) is 80.6 Å². The number of nitrogens with zero attached hydrogens (tertiary/aromatic N) is 7. The Morgan fingerprint density at radius 1 is 1.09 bits per heavy atom. The van der Waals surface area contributed by atoms with Crippen molar-refractivity contribution in [3.8, 4) is 0 Å². The minimum absolute atomic E-state index is 0.259. The lowest BCUT2D eigenvalue weighted by Crippen LogP contribution is -2.30. The van der Waals surface area contributed by atoms with Crippen molar-refractivity contribution in [2.24, 2.45) is 15.5 Å². The van der Waals surface area contributed by atoms with Gasteiger partial charge in [-0.05, 0) is 46.3 Å². The lowest BCUT2D eigenvalue weighted by atomic mass is 10.1. The van der Waals surface area contributed by atoms with Crippen molar-refractivity contribution in [3.63, 3.8) is 0 Å². The second-order valence-corrected chi connectivity index (χ2v) is 8.22. The van der Waals surface area contributed by atoms with E-state index in [0.29, 0.717) is 44.2 Å². The molecular formula is C22H23Cl2N9O. The van der Waals surface area contributed by atoms with Crippen molar-refractivity contribution in [1.29, 1.82) is 0 Å². The molecule has 0 radical (unpaired) electrons. The Morgan fingerprint density at radius 3 is 2.79 bits per heavy atom. The standard InChI is InChI=1S/C22H23Cl2N9O/c23-17-4-5-19(33-12-10-29-30-31-33)16(13-17)14-25-9-11-32-20(24)15-28-21(22(32)34)27-8-6-18-3-1-2-7-26-18/h1-5,7,10,13,15,25H,6,8-9,11-12,14H2,(H,27,28). The lowest BCUT2D eigenvalue weighted by Gasteiger charge is -2.20. The van der Waals surface area contributed by atoms with Gasteiger partial charge in [-0.1, -0.05) is 29.3 Å². The highest BCUT2D eigenvalue weighted by molar-refractivity contribution is 6.30. The summed E-state index contributed by atoms with van der Waals surface area (Å²) in [6.07, 6.45) is 5.58. The Kier molecular flexibility index (Phi) is 8.18. The van der Waals surface area contributed by atoms with E-state index in [1.54, 1.807) is 23.5 Å². The molecular weight excluding hydrogens is 477 g/mol.